The first-order valence-corrected chi connectivity index (χ1v) is 9.35. The van der Waals surface area contributed by atoms with Crippen LogP contribution >= 0.6 is 0 Å². The number of anilines is 1. The topological polar surface area (TPSA) is 64.1 Å². The van der Waals surface area contributed by atoms with Gasteiger partial charge in [0, 0.05) is 57.9 Å². The highest BCUT2D eigenvalue weighted by molar-refractivity contribution is 5.79. The second kappa shape index (κ2) is 8.38. The van der Waals surface area contributed by atoms with Crippen molar-refractivity contribution in [2.75, 3.05) is 50.7 Å². The molecule has 6 nitrogen and oxygen atoms in total. The summed E-state index contributed by atoms with van der Waals surface area (Å²) in [7, 11) is 0. The van der Waals surface area contributed by atoms with Gasteiger partial charge >= 0.3 is 12.1 Å². The van der Waals surface area contributed by atoms with E-state index in [-0.39, 0.29) is 13.0 Å². The minimum atomic E-state index is -4.62. The first-order chi connectivity index (χ1) is 13.3. The summed E-state index contributed by atoms with van der Waals surface area (Å²) in [6, 6.07) is 10.0. The lowest BCUT2D eigenvalue weighted by atomic mass is 9.96. The number of rotatable bonds is 5. The van der Waals surface area contributed by atoms with E-state index >= 15 is 0 Å². The predicted molar refractivity (Wildman–Crippen MR) is 97.0 cm³/mol. The molecule has 2 fully saturated rings. The second-order valence-corrected chi connectivity index (χ2v) is 7.31. The Morgan fingerprint density at radius 1 is 1.04 bits per heavy atom. The molecule has 0 unspecified atom stereocenters. The van der Waals surface area contributed by atoms with Gasteiger partial charge in [-0.2, -0.15) is 13.2 Å². The third-order valence-corrected chi connectivity index (χ3v) is 5.55. The Kier molecular flexibility index (Phi) is 6.12. The number of hydrogen-bond acceptors (Lipinski definition) is 4. The van der Waals surface area contributed by atoms with Gasteiger partial charge in [0.2, 0.25) is 5.91 Å². The Bertz CT molecular complexity index is 691. The average Bonchev–Trinajstić information content (AvgIpc) is 3.14. The lowest BCUT2D eigenvalue weighted by Gasteiger charge is -2.36. The monoisotopic (exact) mass is 399 g/mol. The van der Waals surface area contributed by atoms with Gasteiger partial charge in [-0.3, -0.25) is 14.5 Å². The Morgan fingerprint density at radius 3 is 2.21 bits per heavy atom. The van der Waals surface area contributed by atoms with E-state index in [1.165, 1.54) is 0 Å². The van der Waals surface area contributed by atoms with E-state index in [0.717, 1.165) is 36.8 Å². The van der Waals surface area contributed by atoms with Gasteiger partial charge in [0.05, 0.1) is 11.8 Å². The summed E-state index contributed by atoms with van der Waals surface area (Å²) < 4.78 is 39.1. The summed E-state index contributed by atoms with van der Waals surface area (Å²) in [4.78, 5) is 28.9. The van der Waals surface area contributed by atoms with E-state index in [4.69, 9.17) is 5.11 Å². The summed E-state index contributed by atoms with van der Waals surface area (Å²) in [6.07, 6.45) is -4.52. The van der Waals surface area contributed by atoms with E-state index in [1.54, 1.807) is 0 Å². The van der Waals surface area contributed by atoms with Crippen molar-refractivity contribution in [3.63, 3.8) is 0 Å². The number of hydrogen-bond donors (Lipinski definition) is 1. The van der Waals surface area contributed by atoms with Crippen LogP contribution in [0.5, 0.6) is 0 Å². The number of piperazine rings is 1. The molecule has 2 heterocycles. The van der Waals surface area contributed by atoms with Crippen LogP contribution in [-0.2, 0) is 9.59 Å². The number of alkyl halides is 3. The molecule has 2 saturated heterocycles. The van der Waals surface area contributed by atoms with Gasteiger partial charge in [0.1, 0.15) is 0 Å². The standard InChI is InChI=1S/C19H24F3N3O3/c20-19(21,22)16-13-25(12-15(16)18(27)28)17(26)6-7-23-8-10-24(11-9-23)14-4-2-1-3-5-14/h1-5,15-16H,6-13H2,(H,27,28)/t15-,16-/m1/s1. The van der Waals surface area contributed by atoms with E-state index in [0.29, 0.717) is 6.54 Å². The number of nitrogens with zero attached hydrogens (tertiary/aromatic N) is 3. The quantitative estimate of drug-likeness (QED) is 0.820. The van der Waals surface area contributed by atoms with Crippen LogP contribution in [0, 0.1) is 11.8 Å². The molecule has 2 aliphatic heterocycles. The van der Waals surface area contributed by atoms with Crippen molar-refractivity contribution in [3.8, 4) is 0 Å². The van der Waals surface area contributed by atoms with E-state index in [9.17, 15) is 22.8 Å². The maximum atomic E-state index is 13.0. The summed E-state index contributed by atoms with van der Waals surface area (Å²) in [5.41, 5.74) is 1.15. The minimum absolute atomic E-state index is 0.0995. The molecule has 0 radical (unpaired) electrons. The molecular formula is C19H24F3N3O3. The molecule has 1 aromatic carbocycles. The molecule has 28 heavy (non-hydrogen) atoms. The third kappa shape index (κ3) is 4.76. The van der Waals surface area contributed by atoms with Gasteiger partial charge in [0.15, 0.2) is 0 Å². The number of carbonyl (C=O) groups excluding carboxylic acids is 1. The smallest absolute Gasteiger partial charge is 0.394 e. The second-order valence-electron chi connectivity index (χ2n) is 7.31. The van der Waals surface area contributed by atoms with Gasteiger partial charge in [-0.1, -0.05) is 18.2 Å². The van der Waals surface area contributed by atoms with Crippen LogP contribution in [0.2, 0.25) is 0 Å². The van der Waals surface area contributed by atoms with E-state index in [1.807, 2.05) is 30.3 Å². The molecule has 0 spiro atoms. The zero-order chi connectivity index (χ0) is 20.3. The fourth-order valence-corrected chi connectivity index (χ4v) is 3.87. The fraction of sp³-hybridized carbons (Fsp3) is 0.579. The summed E-state index contributed by atoms with van der Waals surface area (Å²) in [5.74, 6) is -5.50. The molecule has 9 heteroatoms. The van der Waals surface area contributed by atoms with Crippen molar-refractivity contribution in [1.29, 1.82) is 0 Å². The van der Waals surface area contributed by atoms with E-state index in [2.05, 4.69) is 9.80 Å². The molecule has 3 rings (SSSR count). The molecule has 1 aromatic rings. The van der Waals surface area contributed by atoms with Gasteiger partial charge in [-0.15, -0.1) is 0 Å². The first kappa shape index (κ1) is 20.4. The molecule has 2 atom stereocenters. The molecular weight excluding hydrogens is 375 g/mol. The average molecular weight is 399 g/mol. The van der Waals surface area contributed by atoms with Gasteiger partial charge < -0.3 is 14.9 Å². The van der Waals surface area contributed by atoms with Crippen LogP contribution < -0.4 is 4.90 Å². The minimum Gasteiger partial charge on any atom is -0.481 e. The summed E-state index contributed by atoms with van der Waals surface area (Å²) in [6.45, 7) is 2.70. The van der Waals surface area contributed by atoms with Crippen molar-refractivity contribution in [1.82, 2.24) is 9.80 Å². The normalized spacial score (nSPS) is 23.8. The van der Waals surface area contributed by atoms with Crippen LogP contribution in [0.3, 0.4) is 0 Å². The number of para-hydroxylation sites is 1. The number of halogens is 3. The number of aliphatic carboxylic acids is 1. The maximum absolute atomic E-state index is 13.0. The van der Waals surface area contributed by atoms with E-state index < -0.39 is 36.4 Å². The Labute approximate surface area is 161 Å². The number of benzene rings is 1. The number of carboxylic acids is 1. The largest absolute Gasteiger partial charge is 0.481 e. The van der Waals surface area contributed by atoms with Crippen LogP contribution in [0.4, 0.5) is 18.9 Å². The molecule has 1 N–H and O–H groups in total. The summed E-state index contributed by atoms with van der Waals surface area (Å²) in [5, 5.41) is 9.05. The maximum Gasteiger partial charge on any atom is 0.394 e. The van der Waals surface area contributed by atoms with Crippen molar-refractivity contribution in [3.05, 3.63) is 30.3 Å². The zero-order valence-corrected chi connectivity index (χ0v) is 15.4. The van der Waals surface area contributed by atoms with Crippen molar-refractivity contribution >= 4 is 17.6 Å². The first-order valence-electron chi connectivity index (χ1n) is 9.35. The van der Waals surface area contributed by atoms with Crippen LogP contribution in [0.25, 0.3) is 0 Å². The molecule has 2 aliphatic rings. The number of carbonyl (C=O) groups is 2. The lowest BCUT2D eigenvalue weighted by molar-refractivity contribution is -0.188. The molecule has 154 valence electrons. The fourth-order valence-electron chi connectivity index (χ4n) is 3.87. The number of likely N-dealkylation sites (tertiary alicyclic amines) is 1. The van der Waals surface area contributed by atoms with Crippen LogP contribution in [0.1, 0.15) is 6.42 Å². The third-order valence-electron chi connectivity index (χ3n) is 5.55. The number of amides is 1. The Hall–Kier alpha value is -2.29. The molecule has 0 saturated carbocycles. The van der Waals surface area contributed by atoms with Crippen LogP contribution in [-0.4, -0.2) is 78.8 Å². The Balaban J connectivity index is 1.47. The van der Waals surface area contributed by atoms with Crippen LogP contribution in [0.15, 0.2) is 30.3 Å². The van der Waals surface area contributed by atoms with Gasteiger partial charge in [-0.25, -0.2) is 0 Å². The lowest BCUT2D eigenvalue weighted by Crippen LogP contribution is -2.47. The molecule has 0 aromatic heterocycles. The zero-order valence-electron chi connectivity index (χ0n) is 15.4. The molecule has 0 bridgehead atoms. The molecule has 1 amide bonds. The molecule has 0 aliphatic carbocycles. The number of carboxylic acid groups (broad SMARTS) is 1. The van der Waals surface area contributed by atoms with Gasteiger partial charge in [-0.05, 0) is 12.1 Å². The highest BCUT2D eigenvalue weighted by Crippen LogP contribution is 2.37. The van der Waals surface area contributed by atoms with Gasteiger partial charge in [0.25, 0.3) is 0 Å². The Morgan fingerprint density at radius 2 is 1.68 bits per heavy atom. The highest BCUT2D eigenvalue weighted by Gasteiger charge is 2.53. The van der Waals surface area contributed by atoms with Crippen molar-refractivity contribution in [2.45, 2.75) is 12.6 Å². The summed E-state index contributed by atoms with van der Waals surface area (Å²) >= 11 is 0. The van der Waals surface area contributed by atoms with Crippen molar-refractivity contribution in [2.24, 2.45) is 11.8 Å². The SMILES string of the molecule is O=C(O)[C@@H]1CN(C(=O)CCN2CCN(c3ccccc3)CC2)C[C@H]1C(F)(F)F. The van der Waals surface area contributed by atoms with Crippen molar-refractivity contribution < 1.29 is 27.9 Å². The predicted octanol–water partition coefficient (Wildman–Crippen LogP) is 1.92. The highest BCUT2D eigenvalue weighted by atomic mass is 19.4.